The molecule has 0 unspecified atom stereocenters. The van der Waals surface area contributed by atoms with Gasteiger partial charge < -0.3 is 9.72 Å². The second kappa shape index (κ2) is 7.48. The number of H-pyrrole nitrogens is 1. The largest absolute Gasteiger partial charge is 0.492 e. The highest BCUT2D eigenvalue weighted by molar-refractivity contribution is 14.1. The topological polar surface area (TPSA) is 78.8 Å². The van der Waals surface area contributed by atoms with Crippen molar-refractivity contribution in [3.8, 4) is 23.1 Å². The molecule has 0 amide bonds. The monoisotopic (exact) mass is 491 g/mol. The fourth-order valence-corrected chi connectivity index (χ4v) is 3.92. The van der Waals surface area contributed by atoms with E-state index >= 15 is 0 Å². The van der Waals surface area contributed by atoms with E-state index in [1.54, 1.807) is 6.07 Å². The number of thioether (sulfide) groups is 1. The molecular weight excluding hydrogens is 481 g/mol. The number of nitrogens with one attached hydrogen (secondary N) is 1. The van der Waals surface area contributed by atoms with E-state index < -0.39 is 5.56 Å². The van der Waals surface area contributed by atoms with Crippen LogP contribution in [0.3, 0.4) is 0 Å². The van der Waals surface area contributed by atoms with Gasteiger partial charge in [-0.1, -0.05) is 27.7 Å². The molecule has 5 nitrogen and oxygen atoms in total. The number of ether oxygens (including phenoxy) is 1. The summed E-state index contributed by atoms with van der Waals surface area (Å²) >= 11 is 6.90. The Balaban J connectivity index is 2.84. The van der Waals surface area contributed by atoms with Gasteiger partial charge >= 0.3 is 0 Å². The van der Waals surface area contributed by atoms with E-state index in [1.807, 2.05) is 25.3 Å². The smallest absolute Gasteiger partial charge is 0.270 e. The number of aromatic nitrogens is 2. The molecule has 8 heteroatoms. The van der Waals surface area contributed by atoms with Gasteiger partial charge in [0.25, 0.3) is 5.56 Å². The van der Waals surface area contributed by atoms with E-state index in [0.717, 1.165) is 8.04 Å². The molecule has 0 spiro atoms. The minimum atomic E-state index is -0.450. The van der Waals surface area contributed by atoms with Crippen LogP contribution >= 0.6 is 50.3 Å². The molecule has 0 bridgehead atoms. The number of nitriles is 1. The molecule has 1 heterocycles. The zero-order chi connectivity index (χ0) is 16.3. The molecule has 1 N–H and O–H groups in total. The maximum Gasteiger partial charge on any atom is 0.270 e. The van der Waals surface area contributed by atoms with Gasteiger partial charge in [0, 0.05) is 10.0 Å². The van der Waals surface area contributed by atoms with Gasteiger partial charge in [0.1, 0.15) is 23.1 Å². The Kier molecular flexibility index (Phi) is 5.88. The summed E-state index contributed by atoms with van der Waals surface area (Å²) in [4.78, 5) is 19.1. The molecule has 1 aromatic carbocycles. The predicted octanol–water partition coefficient (Wildman–Crippen LogP) is 3.80. The normalized spacial score (nSPS) is 10.3. The predicted molar refractivity (Wildman–Crippen MR) is 98.4 cm³/mol. The van der Waals surface area contributed by atoms with Crippen LogP contribution in [0.5, 0.6) is 5.75 Å². The number of hydrogen-bond acceptors (Lipinski definition) is 5. The molecule has 0 atom stereocenters. The molecule has 114 valence electrons. The average molecular weight is 492 g/mol. The van der Waals surface area contributed by atoms with Crippen molar-refractivity contribution in [1.82, 2.24) is 9.97 Å². The number of benzene rings is 1. The maximum atomic E-state index is 12.1. The Morgan fingerprint density at radius 2 is 2.27 bits per heavy atom. The summed E-state index contributed by atoms with van der Waals surface area (Å²) in [6, 6.07) is 5.65. The summed E-state index contributed by atoms with van der Waals surface area (Å²) in [5.74, 6) is 0.618. The average Bonchev–Trinajstić information content (AvgIpc) is 2.48. The third-order valence-electron chi connectivity index (χ3n) is 2.76. The third kappa shape index (κ3) is 3.47. The number of rotatable bonds is 4. The summed E-state index contributed by atoms with van der Waals surface area (Å²) in [7, 11) is 0. The molecule has 0 aliphatic carbocycles. The van der Waals surface area contributed by atoms with Crippen molar-refractivity contribution in [3.63, 3.8) is 0 Å². The van der Waals surface area contributed by atoms with Crippen molar-refractivity contribution in [3.05, 3.63) is 36.1 Å². The number of hydrogen-bond donors (Lipinski definition) is 1. The van der Waals surface area contributed by atoms with Crippen molar-refractivity contribution in [2.75, 3.05) is 12.9 Å². The zero-order valence-corrected chi connectivity index (χ0v) is 16.3. The van der Waals surface area contributed by atoms with Crippen molar-refractivity contribution in [1.29, 1.82) is 5.26 Å². The molecule has 0 saturated heterocycles. The van der Waals surface area contributed by atoms with Crippen molar-refractivity contribution < 1.29 is 4.74 Å². The Labute approximate surface area is 153 Å². The summed E-state index contributed by atoms with van der Waals surface area (Å²) < 4.78 is 7.39. The molecule has 2 aromatic rings. The van der Waals surface area contributed by atoms with Gasteiger partial charge in [0.15, 0.2) is 5.16 Å². The van der Waals surface area contributed by atoms with E-state index in [1.165, 1.54) is 11.8 Å². The Bertz CT molecular complexity index is 817. The van der Waals surface area contributed by atoms with Crippen LogP contribution in [0.1, 0.15) is 12.5 Å². The Hall–Kier alpha value is -1.05. The van der Waals surface area contributed by atoms with E-state index in [4.69, 9.17) is 4.74 Å². The lowest BCUT2D eigenvalue weighted by Crippen LogP contribution is -2.15. The summed E-state index contributed by atoms with van der Waals surface area (Å²) in [6.07, 6.45) is 1.81. The van der Waals surface area contributed by atoms with Crippen LogP contribution in [0.25, 0.3) is 11.3 Å². The fourth-order valence-electron chi connectivity index (χ4n) is 1.88. The third-order valence-corrected chi connectivity index (χ3v) is 4.59. The van der Waals surface area contributed by atoms with Crippen molar-refractivity contribution >= 4 is 50.3 Å². The van der Waals surface area contributed by atoms with Gasteiger partial charge in [-0.25, -0.2) is 4.98 Å². The van der Waals surface area contributed by atoms with Crippen LogP contribution in [-0.4, -0.2) is 22.8 Å². The van der Waals surface area contributed by atoms with Crippen LogP contribution in [-0.2, 0) is 0 Å². The molecule has 0 aliphatic rings. The van der Waals surface area contributed by atoms with Gasteiger partial charge in [-0.3, -0.25) is 4.79 Å². The quantitative estimate of drug-likeness (QED) is 0.400. The van der Waals surface area contributed by atoms with Crippen LogP contribution in [0.4, 0.5) is 0 Å². The summed E-state index contributed by atoms with van der Waals surface area (Å²) in [5, 5.41) is 9.77. The highest BCUT2D eigenvalue weighted by Crippen LogP contribution is 2.37. The molecule has 1 aromatic heterocycles. The number of nitrogens with zero attached hydrogens (tertiary/aromatic N) is 2. The highest BCUT2D eigenvalue weighted by atomic mass is 127. The second-order valence-electron chi connectivity index (χ2n) is 4.11. The fraction of sp³-hybridized carbons (Fsp3) is 0.214. The van der Waals surface area contributed by atoms with Gasteiger partial charge in [-0.05, 0) is 47.9 Å². The van der Waals surface area contributed by atoms with Crippen molar-refractivity contribution in [2.24, 2.45) is 0 Å². The number of halogens is 2. The lowest BCUT2D eigenvalue weighted by molar-refractivity contribution is 0.339. The van der Waals surface area contributed by atoms with Gasteiger partial charge in [-0.2, -0.15) is 5.26 Å². The van der Waals surface area contributed by atoms with E-state index in [9.17, 15) is 10.1 Å². The minimum Gasteiger partial charge on any atom is -0.492 e. The maximum absolute atomic E-state index is 12.1. The first-order valence-corrected chi connectivity index (χ1v) is 9.32. The number of aromatic amines is 1. The Morgan fingerprint density at radius 3 is 2.86 bits per heavy atom. The highest BCUT2D eigenvalue weighted by Gasteiger charge is 2.19. The molecular formula is C14H11BrIN3O2S. The Morgan fingerprint density at radius 1 is 1.55 bits per heavy atom. The van der Waals surface area contributed by atoms with Crippen LogP contribution in [0, 0.1) is 14.9 Å². The molecule has 0 aliphatic heterocycles. The lowest BCUT2D eigenvalue weighted by Gasteiger charge is -2.14. The van der Waals surface area contributed by atoms with E-state index in [-0.39, 0.29) is 5.56 Å². The first-order chi connectivity index (χ1) is 10.5. The van der Waals surface area contributed by atoms with Crippen molar-refractivity contribution in [2.45, 2.75) is 12.1 Å². The van der Waals surface area contributed by atoms with Gasteiger partial charge in [0.2, 0.25) is 0 Å². The first kappa shape index (κ1) is 17.3. The van der Waals surface area contributed by atoms with Gasteiger partial charge in [0.05, 0.1) is 10.2 Å². The second-order valence-corrected chi connectivity index (χ2v) is 6.98. The molecule has 0 fully saturated rings. The summed E-state index contributed by atoms with van der Waals surface area (Å²) in [5.41, 5.74) is 0.485. The van der Waals surface area contributed by atoms with Crippen LogP contribution in [0.2, 0.25) is 0 Å². The first-order valence-electron chi connectivity index (χ1n) is 6.22. The SMILES string of the molecule is CCOc1c(I)cc(Br)cc1-c1nc(SC)[nH]c(=O)c1C#N. The zero-order valence-electron chi connectivity index (χ0n) is 11.7. The van der Waals surface area contributed by atoms with E-state index in [2.05, 4.69) is 48.5 Å². The molecule has 22 heavy (non-hydrogen) atoms. The lowest BCUT2D eigenvalue weighted by atomic mass is 10.1. The standard InChI is InChI=1S/C14H11BrIN3O2S/c1-3-21-12-8(4-7(15)5-10(12)16)11-9(6-17)13(20)19-14(18-11)22-2/h4-5H,3H2,1-2H3,(H,18,19,20). The van der Waals surface area contributed by atoms with Gasteiger partial charge in [-0.15, -0.1) is 0 Å². The molecule has 2 rings (SSSR count). The van der Waals surface area contributed by atoms with E-state index in [0.29, 0.717) is 28.8 Å². The molecule has 0 radical (unpaired) electrons. The molecule has 0 saturated carbocycles. The van der Waals surface area contributed by atoms with Crippen LogP contribution in [0.15, 0.2) is 26.6 Å². The minimum absolute atomic E-state index is 0.0207. The van der Waals surface area contributed by atoms with Crippen LogP contribution < -0.4 is 10.3 Å². The summed E-state index contributed by atoms with van der Waals surface area (Å²) in [6.45, 7) is 2.36.